The second-order valence-electron chi connectivity index (χ2n) is 5.72. The highest BCUT2D eigenvalue weighted by Crippen LogP contribution is 2.35. The van der Waals surface area contributed by atoms with E-state index in [0.717, 1.165) is 0 Å². The smallest absolute Gasteiger partial charge is 0.387 e. The van der Waals surface area contributed by atoms with Gasteiger partial charge in [-0.05, 0) is 35.9 Å². The molecule has 1 atom stereocenters. The number of nitrogens with zero attached hydrogens (tertiary/aromatic N) is 1. The number of rotatable bonds is 7. The van der Waals surface area contributed by atoms with Gasteiger partial charge in [0.1, 0.15) is 24.3 Å². The third-order valence-corrected chi connectivity index (χ3v) is 3.81. The van der Waals surface area contributed by atoms with E-state index in [1.54, 1.807) is 6.07 Å². The van der Waals surface area contributed by atoms with Crippen LogP contribution in [0, 0.1) is 5.82 Å². The third-order valence-electron chi connectivity index (χ3n) is 3.81. The van der Waals surface area contributed by atoms with Gasteiger partial charge in [-0.1, -0.05) is 12.1 Å². The minimum atomic E-state index is -2.99. The number of fused-ring (bicyclic) bond motifs is 1. The summed E-state index contributed by atoms with van der Waals surface area (Å²) in [6.07, 6.45) is 0.329. The van der Waals surface area contributed by atoms with Crippen molar-refractivity contribution >= 4 is 10.8 Å². The van der Waals surface area contributed by atoms with E-state index in [-0.39, 0.29) is 18.2 Å². The number of benzene rings is 2. The number of hydrogen-bond acceptors (Lipinski definition) is 5. The summed E-state index contributed by atoms with van der Waals surface area (Å²) in [5, 5.41) is 19.3. The van der Waals surface area contributed by atoms with Crippen LogP contribution in [0.2, 0.25) is 0 Å². The zero-order chi connectivity index (χ0) is 19.4. The molecule has 2 aromatic carbocycles. The summed E-state index contributed by atoms with van der Waals surface area (Å²) in [6, 6.07) is 9.99. The molecule has 0 spiro atoms. The molecule has 0 saturated carbocycles. The summed E-state index contributed by atoms with van der Waals surface area (Å²) in [6.45, 7) is -3.67. The fourth-order valence-corrected chi connectivity index (χ4v) is 2.60. The summed E-state index contributed by atoms with van der Waals surface area (Å²) in [4.78, 5) is 4.18. The topological polar surface area (TPSA) is 71.8 Å². The molecule has 27 heavy (non-hydrogen) atoms. The molecule has 0 saturated heterocycles. The second-order valence-corrected chi connectivity index (χ2v) is 5.72. The van der Waals surface area contributed by atoms with Gasteiger partial charge in [0.05, 0.1) is 6.61 Å². The third kappa shape index (κ3) is 4.47. The molecule has 3 aromatic rings. The summed E-state index contributed by atoms with van der Waals surface area (Å²) >= 11 is 0. The lowest BCUT2D eigenvalue weighted by Gasteiger charge is -2.14. The predicted octanol–water partition coefficient (Wildman–Crippen LogP) is 3.37. The minimum Gasteiger partial charge on any atom is -0.474 e. The van der Waals surface area contributed by atoms with Crippen LogP contribution in [0.3, 0.4) is 0 Å². The Bertz CT molecular complexity index is 936. The molecular formula is C19H16F3NO4. The zero-order valence-corrected chi connectivity index (χ0v) is 14.0. The van der Waals surface area contributed by atoms with Crippen LogP contribution in [0.25, 0.3) is 21.9 Å². The summed E-state index contributed by atoms with van der Waals surface area (Å²) in [5.41, 5.74) is 1.00. The highest BCUT2D eigenvalue weighted by molar-refractivity contribution is 5.99. The Kier molecular flexibility index (Phi) is 5.78. The van der Waals surface area contributed by atoms with Gasteiger partial charge < -0.3 is 19.7 Å². The summed E-state index contributed by atoms with van der Waals surface area (Å²) < 4.78 is 48.6. The first-order valence-electron chi connectivity index (χ1n) is 8.03. The van der Waals surface area contributed by atoms with Gasteiger partial charge in [0, 0.05) is 22.5 Å². The predicted molar refractivity (Wildman–Crippen MR) is 92.4 cm³/mol. The number of hydrogen-bond donors (Lipinski definition) is 2. The van der Waals surface area contributed by atoms with Crippen LogP contribution >= 0.6 is 0 Å². The maximum Gasteiger partial charge on any atom is 0.387 e. The van der Waals surface area contributed by atoms with Crippen LogP contribution < -0.4 is 9.47 Å². The van der Waals surface area contributed by atoms with E-state index >= 15 is 0 Å². The Hall–Kier alpha value is -2.84. The van der Waals surface area contributed by atoms with Gasteiger partial charge in [-0.3, -0.25) is 0 Å². The number of alkyl halides is 2. The van der Waals surface area contributed by atoms with E-state index in [4.69, 9.17) is 9.84 Å². The fourth-order valence-electron chi connectivity index (χ4n) is 2.60. The standard InChI is InChI=1S/C19H16F3NO4/c20-12-3-1-2-11(6-12)17-8-23-18(26-10-13(25)9-24)15-5-4-14(7-16(15)17)27-19(21)22/h1-8,13,19,24-25H,9-10H2/t13-/m1/s1. The molecular weight excluding hydrogens is 363 g/mol. The van der Waals surface area contributed by atoms with Crippen molar-refractivity contribution in [1.29, 1.82) is 0 Å². The van der Waals surface area contributed by atoms with Crippen molar-refractivity contribution in [1.82, 2.24) is 4.98 Å². The molecule has 0 fully saturated rings. The Morgan fingerprint density at radius 2 is 1.89 bits per heavy atom. The molecule has 0 aliphatic carbocycles. The molecule has 142 valence electrons. The Morgan fingerprint density at radius 1 is 1.07 bits per heavy atom. The molecule has 5 nitrogen and oxygen atoms in total. The maximum atomic E-state index is 13.6. The molecule has 3 rings (SSSR count). The van der Waals surface area contributed by atoms with Gasteiger partial charge in [-0.2, -0.15) is 8.78 Å². The first-order chi connectivity index (χ1) is 13.0. The van der Waals surface area contributed by atoms with Crippen LogP contribution in [0.15, 0.2) is 48.7 Å². The molecule has 0 aliphatic heterocycles. The van der Waals surface area contributed by atoms with Gasteiger partial charge in [0.2, 0.25) is 5.88 Å². The van der Waals surface area contributed by atoms with Crippen molar-refractivity contribution in [3.63, 3.8) is 0 Å². The molecule has 0 radical (unpaired) electrons. The van der Waals surface area contributed by atoms with E-state index in [0.29, 0.717) is 21.9 Å². The summed E-state index contributed by atoms with van der Waals surface area (Å²) in [7, 11) is 0. The van der Waals surface area contributed by atoms with Crippen LogP contribution in [0.4, 0.5) is 13.2 Å². The Labute approximate surface area is 152 Å². The number of halogens is 3. The van der Waals surface area contributed by atoms with Gasteiger partial charge in [0.25, 0.3) is 0 Å². The van der Waals surface area contributed by atoms with Crippen molar-refractivity contribution in [2.45, 2.75) is 12.7 Å². The lowest BCUT2D eigenvalue weighted by molar-refractivity contribution is -0.0497. The van der Waals surface area contributed by atoms with E-state index in [1.165, 1.54) is 42.6 Å². The number of aliphatic hydroxyl groups excluding tert-OH is 2. The second kappa shape index (κ2) is 8.24. The van der Waals surface area contributed by atoms with E-state index < -0.39 is 25.1 Å². The number of aromatic nitrogens is 1. The molecule has 0 bridgehead atoms. The van der Waals surface area contributed by atoms with E-state index in [9.17, 15) is 18.3 Å². The SMILES string of the molecule is OC[C@@H](O)COc1ncc(-c2cccc(F)c2)c2cc(OC(F)F)ccc12. The van der Waals surface area contributed by atoms with Gasteiger partial charge >= 0.3 is 6.61 Å². The van der Waals surface area contributed by atoms with Crippen LogP contribution in [-0.4, -0.2) is 41.1 Å². The normalized spacial score (nSPS) is 12.4. The van der Waals surface area contributed by atoms with Crippen LogP contribution in [0.1, 0.15) is 0 Å². The zero-order valence-electron chi connectivity index (χ0n) is 14.0. The van der Waals surface area contributed by atoms with Gasteiger partial charge in [-0.25, -0.2) is 9.37 Å². The largest absolute Gasteiger partial charge is 0.474 e. The van der Waals surface area contributed by atoms with Crippen molar-refractivity contribution in [2.24, 2.45) is 0 Å². The molecule has 2 N–H and O–H groups in total. The number of ether oxygens (including phenoxy) is 2. The van der Waals surface area contributed by atoms with E-state index in [1.807, 2.05) is 0 Å². The van der Waals surface area contributed by atoms with Crippen molar-refractivity contribution in [3.05, 3.63) is 54.5 Å². The molecule has 0 amide bonds. The average Bonchev–Trinajstić information content (AvgIpc) is 2.65. The van der Waals surface area contributed by atoms with E-state index in [2.05, 4.69) is 9.72 Å². The number of pyridine rings is 1. The van der Waals surface area contributed by atoms with Gasteiger partial charge in [0.15, 0.2) is 0 Å². The molecule has 0 unspecified atom stereocenters. The lowest BCUT2D eigenvalue weighted by atomic mass is 10.0. The monoisotopic (exact) mass is 379 g/mol. The van der Waals surface area contributed by atoms with Crippen molar-refractivity contribution < 1.29 is 32.9 Å². The molecule has 0 aliphatic rings. The first kappa shape index (κ1) is 18.9. The number of aliphatic hydroxyl groups is 2. The Morgan fingerprint density at radius 3 is 2.59 bits per heavy atom. The van der Waals surface area contributed by atoms with Crippen molar-refractivity contribution in [3.8, 4) is 22.8 Å². The Balaban J connectivity index is 2.11. The highest BCUT2D eigenvalue weighted by Gasteiger charge is 2.14. The molecule has 1 aromatic heterocycles. The minimum absolute atomic E-state index is 0.0669. The van der Waals surface area contributed by atoms with Crippen LogP contribution in [0.5, 0.6) is 11.6 Å². The molecule has 8 heteroatoms. The average molecular weight is 379 g/mol. The highest BCUT2D eigenvalue weighted by atomic mass is 19.3. The quantitative estimate of drug-likeness (QED) is 0.659. The fraction of sp³-hybridized carbons (Fsp3) is 0.211. The maximum absolute atomic E-state index is 13.6. The van der Waals surface area contributed by atoms with Crippen LogP contribution in [-0.2, 0) is 0 Å². The first-order valence-corrected chi connectivity index (χ1v) is 8.03. The summed E-state index contributed by atoms with van der Waals surface area (Å²) in [5.74, 6) is -0.379. The van der Waals surface area contributed by atoms with Gasteiger partial charge in [-0.15, -0.1) is 0 Å². The lowest BCUT2D eigenvalue weighted by Crippen LogP contribution is -2.21. The molecule has 1 heterocycles. The van der Waals surface area contributed by atoms with Crippen molar-refractivity contribution in [2.75, 3.05) is 13.2 Å².